The summed E-state index contributed by atoms with van der Waals surface area (Å²) in [5.74, 6) is 0.797. The number of aromatic nitrogens is 1. The summed E-state index contributed by atoms with van der Waals surface area (Å²) >= 11 is 0. The number of ether oxygens (including phenoxy) is 1. The summed E-state index contributed by atoms with van der Waals surface area (Å²) in [4.78, 5) is 29.3. The maximum absolute atomic E-state index is 11.5. The molecule has 0 unspecified atom stereocenters. The molecule has 0 saturated carbocycles. The number of carbonyl (C=O) groups is 1. The van der Waals surface area contributed by atoms with Crippen molar-refractivity contribution in [3.05, 3.63) is 28.6 Å². The fraction of sp³-hybridized carbons (Fsp3) is 0.500. The van der Waals surface area contributed by atoms with E-state index in [1.165, 1.54) is 6.07 Å². The number of anilines is 1. The van der Waals surface area contributed by atoms with Crippen LogP contribution in [-0.4, -0.2) is 48.8 Å². The van der Waals surface area contributed by atoms with Gasteiger partial charge in [-0.1, -0.05) is 6.07 Å². The van der Waals surface area contributed by atoms with Crippen LogP contribution in [0.4, 0.5) is 10.6 Å². The smallest absolute Gasteiger partial charge is 0.409 e. The summed E-state index contributed by atoms with van der Waals surface area (Å²) in [6.45, 7) is 4.79. The van der Waals surface area contributed by atoms with E-state index in [9.17, 15) is 9.59 Å². The molecular weight excluding hydrogens is 234 g/mol. The fourth-order valence-electron chi connectivity index (χ4n) is 1.97. The second-order valence-corrected chi connectivity index (χ2v) is 4.07. The van der Waals surface area contributed by atoms with Gasteiger partial charge in [0.05, 0.1) is 6.61 Å². The molecule has 0 atom stereocenters. The first kappa shape index (κ1) is 12.5. The summed E-state index contributed by atoms with van der Waals surface area (Å²) in [6.07, 6.45) is -0.265. The van der Waals surface area contributed by atoms with Crippen LogP contribution in [0.5, 0.6) is 0 Å². The normalized spacial score (nSPS) is 15.6. The van der Waals surface area contributed by atoms with Gasteiger partial charge in [0.1, 0.15) is 5.82 Å². The molecule has 1 aliphatic heterocycles. The van der Waals surface area contributed by atoms with Gasteiger partial charge in [-0.25, -0.2) is 4.79 Å². The molecule has 0 aliphatic carbocycles. The van der Waals surface area contributed by atoms with Crippen LogP contribution in [0.1, 0.15) is 6.92 Å². The molecule has 0 bridgehead atoms. The highest BCUT2D eigenvalue weighted by molar-refractivity contribution is 5.68. The zero-order valence-corrected chi connectivity index (χ0v) is 10.4. The average molecular weight is 251 g/mol. The van der Waals surface area contributed by atoms with E-state index in [-0.39, 0.29) is 11.7 Å². The highest BCUT2D eigenvalue weighted by Crippen LogP contribution is 2.11. The monoisotopic (exact) mass is 251 g/mol. The van der Waals surface area contributed by atoms with Crippen molar-refractivity contribution in [2.45, 2.75) is 6.92 Å². The Hall–Kier alpha value is -1.98. The van der Waals surface area contributed by atoms with Gasteiger partial charge in [0, 0.05) is 32.2 Å². The molecule has 1 saturated heterocycles. The standard InChI is InChI=1S/C12H17N3O3/c1-2-18-12(17)15-8-6-14(7-9-15)10-4-3-5-11(16)13-10/h3-5H,2,6-9H2,1H3,(H,13,16). The summed E-state index contributed by atoms with van der Waals surface area (Å²) in [5.41, 5.74) is -0.111. The van der Waals surface area contributed by atoms with Crippen LogP contribution >= 0.6 is 0 Å². The SMILES string of the molecule is CCOC(=O)N1CCN(c2cccc(=O)[nH]2)CC1. The molecule has 0 aromatic carbocycles. The number of hydrogen-bond donors (Lipinski definition) is 1. The Labute approximate surface area is 105 Å². The molecule has 2 heterocycles. The third-order valence-electron chi connectivity index (χ3n) is 2.90. The Balaban J connectivity index is 1.94. The molecule has 1 N–H and O–H groups in total. The zero-order chi connectivity index (χ0) is 13.0. The summed E-state index contributed by atoms with van der Waals surface area (Å²) in [7, 11) is 0. The Bertz CT molecular complexity index is 464. The van der Waals surface area contributed by atoms with E-state index in [1.807, 2.05) is 6.07 Å². The number of aromatic amines is 1. The first-order valence-corrected chi connectivity index (χ1v) is 6.06. The number of piperazine rings is 1. The van der Waals surface area contributed by atoms with E-state index in [0.717, 1.165) is 5.82 Å². The second-order valence-electron chi connectivity index (χ2n) is 4.07. The lowest BCUT2D eigenvalue weighted by Gasteiger charge is -2.34. The molecule has 0 spiro atoms. The van der Waals surface area contributed by atoms with E-state index >= 15 is 0 Å². The molecule has 6 heteroatoms. The topological polar surface area (TPSA) is 65.6 Å². The van der Waals surface area contributed by atoms with Crippen LogP contribution in [0.3, 0.4) is 0 Å². The lowest BCUT2D eigenvalue weighted by atomic mass is 10.3. The minimum Gasteiger partial charge on any atom is -0.450 e. The Morgan fingerprint density at radius 1 is 1.33 bits per heavy atom. The largest absolute Gasteiger partial charge is 0.450 e. The minimum atomic E-state index is -0.265. The zero-order valence-electron chi connectivity index (χ0n) is 10.4. The van der Waals surface area contributed by atoms with Gasteiger partial charge >= 0.3 is 6.09 Å². The predicted octanol–water partition coefficient (Wildman–Crippen LogP) is 0.653. The van der Waals surface area contributed by atoms with Gasteiger partial charge in [-0.15, -0.1) is 0 Å². The number of nitrogens with zero attached hydrogens (tertiary/aromatic N) is 2. The summed E-state index contributed by atoms with van der Waals surface area (Å²) in [5, 5.41) is 0. The summed E-state index contributed by atoms with van der Waals surface area (Å²) in [6, 6.07) is 5.08. The van der Waals surface area contributed by atoms with Crippen molar-refractivity contribution in [3.8, 4) is 0 Å². The van der Waals surface area contributed by atoms with Crippen LogP contribution in [0.2, 0.25) is 0 Å². The Morgan fingerprint density at radius 3 is 2.67 bits per heavy atom. The molecule has 1 aliphatic rings. The first-order valence-electron chi connectivity index (χ1n) is 6.06. The highest BCUT2D eigenvalue weighted by atomic mass is 16.6. The van der Waals surface area contributed by atoms with Gasteiger partial charge in [0.25, 0.3) is 0 Å². The van der Waals surface area contributed by atoms with Gasteiger partial charge in [0.2, 0.25) is 5.56 Å². The Morgan fingerprint density at radius 2 is 2.06 bits per heavy atom. The predicted molar refractivity (Wildman–Crippen MR) is 67.9 cm³/mol. The van der Waals surface area contributed by atoms with Crippen LogP contribution in [0.25, 0.3) is 0 Å². The maximum atomic E-state index is 11.5. The van der Waals surface area contributed by atoms with E-state index in [4.69, 9.17) is 4.74 Å². The average Bonchev–Trinajstić information content (AvgIpc) is 2.39. The summed E-state index contributed by atoms with van der Waals surface area (Å²) < 4.78 is 4.95. The molecule has 2 rings (SSSR count). The first-order chi connectivity index (χ1) is 8.70. The van der Waals surface area contributed by atoms with Crippen molar-refractivity contribution in [3.63, 3.8) is 0 Å². The molecule has 1 aromatic heterocycles. The molecule has 6 nitrogen and oxygen atoms in total. The molecular formula is C12H17N3O3. The van der Waals surface area contributed by atoms with Crippen molar-refractivity contribution >= 4 is 11.9 Å². The number of hydrogen-bond acceptors (Lipinski definition) is 4. The Kier molecular flexibility index (Phi) is 3.86. The molecule has 0 radical (unpaired) electrons. The van der Waals surface area contributed by atoms with Crippen molar-refractivity contribution in [2.24, 2.45) is 0 Å². The van der Waals surface area contributed by atoms with Gasteiger partial charge in [0.15, 0.2) is 0 Å². The van der Waals surface area contributed by atoms with E-state index in [0.29, 0.717) is 32.8 Å². The van der Waals surface area contributed by atoms with Crippen molar-refractivity contribution in [1.29, 1.82) is 0 Å². The van der Waals surface area contributed by atoms with Gasteiger partial charge in [-0.3, -0.25) is 4.79 Å². The van der Waals surface area contributed by atoms with Crippen LogP contribution in [0.15, 0.2) is 23.0 Å². The number of pyridine rings is 1. The third-order valence-corrected chi connectivity index (χ3v) is 2.90. The highest BCUT2D eigenvalue weighted by Gasteiger charge is 2.22. The van der Waals surface area contributed by atoms with Crippen molar-refractivity contribution in [1.82, 2.24) is 9.88 Å². The van der Waals surface area contributed by atoms with Crippen molar-refractivity contribution < 1.29 is 9.53 Å². The quantitative estimate of drug-likeness (QED) is 0.838. The number of carbonyl (C=O) groups excluding carboxylic acids is 1. The maximum Gasteiger partial charge on any atom is 0.409 e. The number of nitrogens with one attached hydrogen (secondary N) is 1. The van der Waals surface area contributed by atoms with Crippen LogP contribution in [-0.2, 0) is 4.74 Å². The molecule has 98 valence electrons. The lowest BCUT2D eigenvalue weighted by molar-refractivity contribution is 0.105. The molecule has 1 aromatic rings. The molecule has 1 fully saturated rings. The number of amides is 1. The van der Waals surface area contributed by atoms with Gasteiger partial charge < -0.3 is 19.5 Å². The molecule has 1 amide bonds. The van der Waals surface area contributed by atoms with Gasteiger partial charge in [-0.05, 0) is 13.0 Å². The second kappa shape index (κ2) is 5.57. The van der Waals surface area contributed by atoms with Gasteiger partial charge in [-0.2, -0.15) is 0 Å². The van der Waals surface area contributed by atoms with E-state index < -0.39 is 0 Å². The van der Waals surface area contributed by atoms with Crippen molar-refractivity contribution in [2.75, 3.05) is 37.7 Å². The lowest BCUT2D eigenvalue weighted by Crippen LogP contribution is -2.49. The number of rotatable bonds is 2. The molecule has 18 heavy (non-hydrogen) atoms. The van der Waals surface area contributed by atoms with Crippen LogP contribution < -0.4 is 10.5 Å². The third kappa shape index (κ3) is 2.82. The van der Waals surface area contributed by atoms with E-state index in [1.54, 1.807) is 17.9 Å². The van der Waals surface area contributed by atoms with E-state index in [2.05, 4.69) is 9.88 Å². The van der Waals surface area contributed by atoms with Crippen LogP contribution in [0, 0.1) is 0 Å². The number of H-pyrrole nitrogens is 1. The fourth-order valence-corrected chi connectivity index (χ4v) is 1.97. The minimum absolute atomic E-state index is 0.111.